The summed E-state index contributed by atoms with van der Waals surface area (Å²) in [6.07, 6.45) is 3.86. The van der Waals surface area contributed by atoms with Gasteiger partial charge >= 0.3 is 0 Å². The van der Waals surface area contributed by atoms with E-state index in [4.69, 9.17) is 14.2 Å². The standard InChI is InChI=1S/C26H29N3O6/c1-33-18-34-17-22(15-21(26(31)29-32)14-19-6-5-13-27-16-19)28-25(30)20-9-11-24(12-10-20)35-23-7-3-2-4-8-23/h2-13,16,21-22,32H,14-15,17-18H2,1H3,(H,28,30)(H,29,31)/t21-,22-/m0/s1. The van der Waals surface area contributed by atoms with Gasteiger partial charge < -0.3 is 19.5 Å². The second-order valence-corrected chi connectivity index (χ2v) is 7.86. The molecule has 9 nitrogen and oxygen atoms in total. The lowest BCUT2D eigenvalue weighted by Crippen LogP contribution is -2.42. The Hall–Kier alpha value is -3.79. The number of benzene rings is 2. The van der Waals surface area contributed by atoms with Gasteiger partial charge in [0.15, 0.2) is 0 Å². The highest BCUT2D eigenvalue weighted by molar-refractivity contribution is 5.94. The number of aromatic nitrogens is 1. The fourth-order valence-corrected chi connectivity index (χ4v) is 3.53. The lowest BCUT2D eigenvalue weighted by atomic mass is 9.92. The topological polar surface area (TPSA) is 119 Å². The van der Waals surface area contributed by atoms with Gasteiger partial charge in [0.1, 0.15) is 18.3 Å². The van der Waals surface area contributed by atoms with Gasteiger partial charge in [-0.15, -0.1) is 0 Å². The first-order chi connectivity index (χ1) is 17.1. The molecule has 0 bridgehead atoms. The summed E-state index contributed by atoms with van der Waals surface area (Å²) in [7, 11) is 1.50. The van der Waals surface area contributed by atoms with Crippen molar-refractivity contribution >= 4 is 11.8 Å². The molecule has 0 saturated carbocycles. The van der Waals surface area contributed by atoms with E-state index in [1.54, 1.807) is 48.2 Å². The van der Waals surface area contributed by atoms with Crippen LogP contribution in [0.1, 0.15) is 22.3 Å². The fraction of sp³-hybridized carbons (Fsp3) is 0.269. The van der Waals surface area contributed by atoms with Gasteiger partial charge in [-0.3, -0.25) is 19.8 Å². The largest absolute Gasteiger partial charge is 0.457 e. The number of hydrogen-bond donors (Lipinski definition) is 3. The van der Waals surface area contributed by atoms with Gasteiger partial charge in [0, 0.05) is 31.0 Å². The second-order valence-electron chi connectivity index (χ2n) is 7.86. The number of carbonyl (C=O) groups excluding carboxylic acids is 2. The molecule has 0 spiro atoms. The smallest absolute Gasteiger partial charge is 0.251 e. The van der Waals surface area contributed by atoms with Crippen LogP contribution < -0.4 is 15.5 Å². The quantitative estimate of drug-likeness (QED) is 0.149. The van der Waals surface area contributed by atoms with E-state index in [0.29, 0.717) is 23.5 Å². The second kappa shape index (κ2) is 13.8. The first kappa shape index (κ1) is 25.8. The summed E-state index contributed by atoms with van der Waals surface area (Å²) in [5, 5.41) is 12.2. The zero-order valence-corrected chi connectivity index (χ0v) is 19.4. The van der Waals surface area contributed by atoms with Crippen LogP contribution in [0.2, 0.25) is 0 Å². The molecule has 3 rings (SSSR count). The molecule has 0 unspecified atom stereocenters. The third kappa shape index (κ3) is 8.49. The highest BCUT2D eigenvalue weighted by atomic mass is 16.7. The minimum atomic E-state index is -0.623. The van der Waals surface area contributed by atoms with Crippen LogP contribution in [0.3, 0.4) is 0 Å². The van der Waals surface area contributed by atoms with Gasteiger partial charge in [0.05, 0.1) is 12.6 Å². The zero-order valence-electron chi connectivity index (χ0n) is 19.4. The number of hydroxylamine groups is 1. The summed E-state index contributed by atoms with van der Waals surface area (Å²) in [4.78, 5) is 29.4. The average molecular weight is 480 g/mol. The van der Waals surface area contributed by atoms with Gasteiger partial charge in [-0.2, -0.15) is 0 Å². The van der Waals surface area contributed by atoms with Crippen molar-refractivity contribution in [1.82, 2.24) is 15.8 Å². The molecule has 0 aliphatic carbocycles. The van der Waals surface area contributed by atoms with Crippen LogP contribution in [0.15, 0.2) is 79.1 Å². The maximum Gasteiger partial charge on any atom is 0.251 e. The molecule has 1 aromatic heterocycles. The predicted octanol–water partition coefficient (Wildman–Crippen LogP) is 3.35. The Morgan fingerprint density at radius 3 is 2.40 bits per heavy atom. The molecule has 1 heterocycles. The third-order valence-electron chi connectivity index (χ3n) is 5.21. The molecule has 184 valence electrons. The molecular weight excluding hydrogens is 450 g/mol. The van der Waals surface area contributed by atoms with Crippen molar-refractivity contribution in [3.63, 3.8) is 0 Å². The SMILES string of the molecule is COCOC[C@H](C[C@H](Cc1cccnc1)C(=O)NO)NC(=O)c1ccc(Oc2ccccc2)cc1. The van der Waals surface area contributed by atoms with Crippen molar-refractivity contribution in [2.45, 2.75) is 18.9 Å². The molecule has 2 aromatic carbocycles. The maximum atomic E-state index is 12.9. The van der Waals surface area contributed by atoms with Gasteiger partial charge in [0.2, 0.25) is 5.91 Å². The monoisotopic (exact) mass is 479 g/mol. The van der Waals surface area contributed by atoms with Gasteiger partial charge in [-0.05, 0) is 60.9 Å². The van der Waals surface area contributed by atoms with E-state index in [1.807, 2.05) is 36.4 Å². The van der Waals surface area contributed by atoms with Crippen LogP contribution in [-0.4, -0.2) is 48.6 Å². The molecule has 3 aromatic rings. The van der Waals surface area contributed by atoms with E-state index >= 15 is 0 Å². The van der Waals surface area contributed by atoms with Crippen molar-refractivity contribution in [3.05, 3.63) is 90.3 Å². The normalized spacial score (nSPS) is 12.4. The number of para-hydroxylation sites is 1. The Bertz CT molecular complexity index is 1050. The molecule has 0 aliphatic rings. The van der Waals surface area contributed by atoms with Crippen LogP contribution in [0.5, 0.6) is 11.5 Å². The first-order valence-electron chi connectivity index (χ1n) is 11.1. The van der Waals surface area contributed by atoms with E-state index in [9.17, 15) is 14.8 Å². The molecule has 9 heteroatoms. The van der Waals surface area contributed by atoms with Crippen molar-refractivity contribution in [2.24, 2.45) is 5.92 Å². The van der Waals surface area contributed by atoms with Crippen LogP contribution >= 0.6 is 0 Å². The van der Waals surface area contributed by atoms with Crippen LogP contribution in [0.4, 0.5) is 0 Å². The number of hydrogen-bond acceptors (Lipinski definition) is 7. The summed E-state index contributed by atoms with van der Waals surface area (Å²) in [6, 6.07) is 19.2. The van der Waals surface area contributed by atoms with Crippen molar-refractivity contribution in [2.75, 3.05) is 20.5 Å². The zero-order chi connectivity index (χ0) is 24.9. The predicted molar refractivity (Wildman–Crippen MR) is 128 cm³/mol. The van der Waals surface area contributed by atoms with E-state index in [1.165, 1.54) is 7.11 Å². The number of carbonyl (C=O) groups is 2. The van der Waals surface area contributed by atoms with Crippen LogP contribution in [0.25, 0.3) is 0 Å². The number of ether oxygens (including phenoxy) is 3. The van der Waals surface area contributed by atoms with E-state index < -0.39 is 17.9 Å². The number of nitrogens with zero attached hydrogens (tertiary/aromatic N) is 1. The molecule has 0 aliphatic heterocycles. The summed E-state index contributed by atoms with van der Waals surface area (Å²) < 4.78 is 16.2. The molecule has 35 heavy (non-hydrogen) atoms. The van der Waals surface area contributed by atoms with Gasteiger partial charge in [-0.1, -0.05) is 24.3 Å². The molecule has 2 atom stereocenters. The van der Waals surface area contributed by atoms with Crippen molar-refractivity contribution in [1.29, 1.82) is 0 Å². The Kier molecular flexibility index (Phi) is 10.2. The Balaban J connectivity index is 1.67. The van der Waals surface area contributed by atoms with E-state index in [2.05, 4.69) is 10.3 Å². The highest BCUT2D eigenvalue weighted by Crippen LogP contribution is 2.21. The van der Waals surface area contributed by atoms with Gasteiger partial charge in [0.25, 0.3) is 5.91 Å². The first-order valence-corrected chi connectivity index (χ1v) is 11.1. The lowest BCUT2D eigenvalue weighted by molar-refractivity contribution is -0.134. The average Bonchev–Trinajstić information content (AvgIpc) is 2.89. The minimum absolute atomic E-state index is 0.0390. The maximum absolute atomic E-state index is 12.9. The number of nitrogens with one attached hydrogen (secondary N) is 2. The molecule has 3 N–H and O–H groups in total. The number of methoxy groups -OCH3 is 1. The van der Waals surface area contributed by atoms with Crippen molar-refractivity contribution < 1.29 is 29.0 Å². The third-order valence-corrected chi connectivity index (χ3v) is 5.21. The summed E-state index contributed by atoms with van der Waals surface area (Å²) >= 11 is 0. The summed E-state index contributed by atoms with van der Waals surface area (Å²) in [5.41, 5.74) is 2.98. The molecular formula is C26H29N3O6. The van der Waals surface area contributed by atoms with Crippen molar-refractivity contribution in [3.8, 4) is 11.5 Å². The Morgan fingerprint density at radius 2 is 1.74 bits per heavy atom. The van der Waals surface area contributed by atoms with E-state index in [0.717, 1.165) is 5.56 Å². The summed E-state index contributed by atoms with van der Waals surface area (Å²) in [5.74, 6) is -0.206. The minimum Gasteiger partial charge on any atom is -0.457 e. The number of pyridine rings is 1. The van der Waals surface area contributed by atoms with E-state index in [-0.39, 0.29) is 25.7 Å². The Labute approximate surface area is 204 Å². The van der Waals surface area contributed by atoms with Crippen LogP contribution in [0, 0.1) is 5.92 Å². The van der Waals surface area contributed by atoms with Crippen LogP contribution in [-0.2, 0) is 20.7 Å². The molecule has 2 amide bonds. The number of rotatable bonds is 13. The lowest BCUT2D eigenvalue weighted by Gasteiger charge is -2.23. The Morgan fingerprint density at radius 1 is 1.00 bits per heavy atom. The number of amides is 2. The van der Waals surface area contributed by atoms with Gasteiger partial charge in [-0.25, -0.2) is 5.48 Å². The molecule has 0 fully saturated rings. The highest BCUT2D eigenvalue weighted by Gasteiger charge is 2.25. The molecule has 0 radical (unpaired) electrons. The fourth-order valence-electron chi connectivity index (χ4n) is 3.53. The molecule has 0 saturated heterocycles. The summed E-state index contributed by atoms with van der Waals surface area (Å²) in [6.45, 7) is 0.161.